The van der Waals surface area contributed by atoms with E-state index in [-0.39, 0.29) is 114 Å². The topological polar surface area (TPSA) is 292 Å². The Morgan fingerprint density at radius 3 is 1.43 bits per heavy atom. The molecular weight excluding hydrogens is 1280 g/mol. The van der Waals surface area contributed by atoms with Crippen LogP contribution in [0.3, 0.4) is 0 Å². The fourth-order valence-electron chi connectivity index (χ4n) is 5.01. The molecule has 0 aliphatic carbocycles. The minimum atomic E-state index is -1.22. The molecule has 2 saturated heterocycles. The Morgan fingerprint density at radius 1 is 0.733 bits per heavy atom. The van der Waals surface area contributed by atoms with E-state index in [4.69, 9.17) is 48.4 Å². The van der Waals surface area contributed by atoms with Gasteiger partial charge in [0, 0.05) is 86.8 Å². The number of nitrogens with one attached hydrogen (secondary N) is 2. The fraction of sp³-hybridized carbons (Fsp3) is 0.714. The van der Waals surface area contributed by atoms with Gasteiger partial charge in [-0.25, -0.2) is 9.59 Å². The van der Waals surface area contributed by atoms with Crippen LogP contribution in [0, 0.1) is 84.9 Å². The molecule has 0 aromatic carbocycles. The third-order valence-corrected chi connectivity index (χ3v) is 7.78. The number of nitriles is 2. The molecule has 0 bridgehead atoms. The van der Waals surface area contributed by atoms with Gasteiger partial charge in [0.2, 0.25) is 0 Å². The van der Waals surface area contributed by atoms with Crippen LogP contribution in [0.5, 0.6) is 0 Å². The quantitative estimate of drug-likeness (QED) is 0.0752. The minimum Gasteiger partial charge on any atom is -0.394 e. The maximum atomic E-state index is 12.0. The molecule has 4 heterocycles. The first-order chi connectivity index (χ1) is 27.8. The molecular formula is C35H58N6O15P2U2. The van der Waals surface area contributed by atoms with Crippen LogP contribution in [0.2, 0.25) is 0 Å². The predicted octanol–water partition coefficient (Wildman–Crippen LogP) is 0.112. The van der Waals surface area contributed by atoms with Crippen molar-refractivity contribution in [3.8, 4) is 12.1 Å². The van der Waals surface area contributed by atoms with Crippen molar-refractivity contribution in [1.29, 1.82) is 10.5 Å². The molecule has 10 atom stereocenters. The van der Waals surface area contributed by atoms with Gasteiger partial charge in [0.05, 0.1) is 49.9 Å². The molecule has 2 aromatic rings. The number of hydrogen-bond donors (Lipinski definition) is 5. The standard InChI is InChI=1S/C16H23N3O7.C15H21N3O8.2C2H7P.2U/c1-3-11-13(21)14(25-9-23-8-24-10(2)4-6-17)15(26-11)19-7-5-12(20)18-16(19)22;1-9(2-4-16)24-7-23-8-25-13-12(21)10(6-19)26-14(13)18-5-3-11(20)17-15(18)22;2*1-3-2;;/h5,7,10-11,13-15,21H,3-4,8-9H2,1-2H3,(H,18,20,22);3,5,9-10,12-14,19,21H,2,6-8H2,1H3,(H,17,20,22);2*3H,1-2H3;;/t10?,11?,13-,14?,15?;9?,10?,12-,13?,14?;;;;/m00..../s1. The van der Waals surface area contributed by atoms with E-state index in [0.29, 0.717) is 6.42 Å². The second-order valence-electron chi connectivity index (χ2n) is 12.6. The van der Waals surface area contributed by atoms with Gasteiger partial charge >= 0.3 is 11.4 Å². The molecule has 0 spiro atoms. The zero-order chi connectivity index (χ0) is 43.6. The van der Waals surface area contributed by atoms with Gasteiger partial charge in [-0.3, -0.25) is 28.7 Å². The summed E-state index contributed by atoms with van der Waals surface area (Å²) in [7, 11) is 2.17. The van der Waals surface area contributed by atoms with Gasteiger partial charge in [-0.15, -0.1) is 17.2 Å². The number of aliphatic hydroxyl groups excluding tert-OH is 3. The molecule has 5 N–H and O–H groups in total. The largest absolute Gasteiger partial charge is 0.394 e. The van der Waals surface area contributed by atoms with Gasteiger partial charge in [-0.05, 0) is 46.9 Å². The van der Waals surface area contributed by atoms with Gasteiger partial charge in [0.15, 0.2) is 12.5 Å². The van der Waals surface area contributed by atoms with Crippen LogP contribution in [0.25, 0.3) is 0 Å². The fourth-order valence-corrected chi connectivity index (χ4v) is 5.01. The Labute approximate surface area is 399 Å². The molecule has 4 rings (SSSR count). The predicted molar refractivity (Wildman–Crippen MR) is 213 cm³/mol. The maximum absolute atomic E-state index is 12.0. The molecule has 2 aliphatic rings. The van der Waals surface area contributed by atoms with E-state index >= 15 is 0 Å². The third kappa shape index (κ3) is 21.5. The van der Waals surface area contributed by atoms with E-state index in [1.54, 1.807) is 13.8 Å². The van der Waals surface area contributed by atoms with Crippen molar-refractivity contribution in [1.82, 2.24) is 19.1 Å². The summed E-state index contributed by atoms with van der Waals surface area (Å²) in [4.78, 5) is 50.6. The van der Waals surface area contributed by atoms with Gasteiger partial charge in [-0.2, -0.15) is 10.5 Å². The summed E-state index contributed by atoms with van der Waals surface area (Å²) in [6, 6.07) is 6.26. The van der Waals surface area contributed by atoms with Gasteiger partial charge in [0.1, 0.15) is 57.7 Å². The summed E-state index contributed by atoms with van der Waals surface area (Å²) in [6.07, 6.45) is -4.59. The van der Waals surface area contributed by atoms with Crippen molar-refractivity contribution >= 4 is 17.2 Å². The summed E-state index contributed by atoms with van der Waals surface area (Å²) in [6.45, 7) is 12.7. The van der Waals surface area contributed by atoms with Crippen LogP contribution in [0.4, 0.5) is 0 Å². The van der Waals surface area contributed by atoms with Crippen molar-refractivity contribution in [3.05, 3.63) is 66.2 Å². The van der Waals surface area contributed by atoms with Crippen molar-refractivity contribution in [2.24, 2.45) is 0 Å². The molecule has 0 radical (unpaired) electrons. The first-order valence-corrected chi connectivity index (χ1v) is 22.2. The molecule has 8 unspecified atom stereocenters. The van der Waals surface area contributed by atoms with E-state index in [1.807, 2.05) is 19.1 Å². The van der Waals surface area contributed by atoms with E-state index < -0.39 is 78.2 Å². The van der Waals surface area contributed by atoms with Gasteiger partial charge < -0.3 is 53.2 Å². The normalized spacial score (nSPS) is 23.6. The maximum Gasteiger partial charge on any atom is 0.330 e. The molecule has 60 heavy (non-hydrogen) atoms. The Morgan fingerprint density at radius 2 is 1.10 bits per heavy atom. The molecule has 21 nitrogen and oxygen atoms in total. The van der Waals surface area contributed by atoms with E-state index in [1.165, 1.54) is 18.5 Å². The van der Waals surface area contributed by atoms with Crippen LogP contribution >= 0.6 is 17.2 Å². The second-order valence-corrected chi connectivity index (χ2v) is 14.6. The van der Waals surface area contributed by atoms with Crippen LogP contribution < -0.4 is 22.5 Å². The van der Waals surface area contributed by atoms with Gasteiger partial charge in [-0.1, -0.05) is 6.92 Å². The van der Waals surface area contributed by atoms with Crippen molar-refractivity contribution in [3.63, 3.8) is 0 Å². The number of rotatable bonds is 18. The Bertz CT molecular complexity index is 1640. The van der Waals surface area contributed by atoms with Crippen molar-refractivity contribution < 1.29 is 115 Å². The molecule has 2 fully saturated rings. The molecule has 0 saturated carbocycles. The minimum absolute atomic E-state index is 0. The molecule has 2 aliphatic heterocycles. The summed E-state index contributed by atoms with van der Waals surface area (Å²) in [5.41, 5.74) is -2.50. The van der Waals surface area contributed by atoms with Crippen molar-refractivity contribution in [2.45, 2.75) is 101 Å². The third-order valence-electron chi connectivity index (χ3n) is 7.78. The van der Waals surface area contributed by atoms with E-state index in [2.05, 4.69) is 36.6 Å². The molecule has 25 heteroatoms. The first kappa shape index (κ1) is 61.0. The molecule has 2 aromatic heterocycles. The number of aromatic nitrogens is 4. The van der Waals surface area contributed by atoms with Crippen molar-refractivity contribution in [2.75, 3.05) is 60.4 Å². The number of aliphatic hydroxyl groups is 3. The van der Waals surface area contributed by atoms with E-state index in [9.17, 15) is 34.5 Å². The summed E-state index contributed by atoms with van der Waals surface area (Å²) in [5, 5.41) is 47.0. The van der Waals surface area contributed by atoms with Crippen LogP contribution in [-0.2, 0) is 37.9 Å². The number of H-pyrrole nitrogens is 2. The second kappa shape index (κ2) is 35.2. The number of ether oxygens (including phenoxy) is 8. The van der Waals surface area contributed by atoms with Crippen LogP contribution in [-0.4, -0.2) is 144 Å². The number of aromatic amines is 2. The Kier molecular flexibility index (Phi) is 35.8. The molecule has 0 amide bonds. The number of nitrogens with zero attached hydrogens (tertiary/aromatic N) is 4. The SMILES string of the molecule is CC(CC#N)OCOCOC1C(n2ccc(=O)[nH]c2=O)OC(CO)[C@@H]1O.CCC1OC(n2ccc(=O)[nH]c2=O)C(OCOCOC(C)CC#N)[C@H]1O.CPC.CPC.[U].[U]. The number of hydrogen-bond acceptors (Lipinski definition) is 17. The zero-order valence-electron chi connectivity index (χ0n) is 34.8. The van der Waals surface area contributed by atoms with Crippen LogP contribution in [0.1, 0.15) is 52.5 Å². The Balaban J connectivity index is 0. The van der Waals surface area contributed by atoms with E-state index in [0.717, 1.165) is 32.4 Å². The first-order valence-electron chi connectivity index (χ1n) is 18.2. The monoisotopic (exact) mass is 1340 g/mol. The van der Waals surface area contributed by atoms with Gasteiger partial charge in [0.25, 0.3) is 11.1 Å². The summed E-state index contributed by atoms with van der Waals surface area (Å²) in [5.74, 6) is 0. The summed E-state index contributed by atoms with van der Waals surface area (Å²) < 4.78 is 45.2. The molecule has 336 valence electrons. The summed E-state index contributed by atoms with van der Waals surface area (Å²) >= 11 is 0. The average molecular weight is 1340 g/mol. The zero-order valence-corrected chi connectivity index (χ0v) is 45.1. The smallest absolute Gasteiger partial charge is 0.330 e. The Hall–Kier alpha value is -1.14. The average Bonchev–Trinajstić information content (AvgIpc) is 3.66. The van der Waals surface area contributed by atoms with Crippen LogP contribution in [0.15, 0.2) is 43.7 Å².